The van der Waals surface area contributed by atoms with Gasteiger partial charge in [-0.05, 0) is 74.5 Å². The van der Waals surface area contributed by atoms with E-state index in [0.29, 0.717) is 44.2 Å². The molecule has 0 aromatic heterocycles. The number of nitrogens with two attached hydrogens (primary N) is 1. The Balaban J connectivity index is 1.53. The molecule has 3 aliphatic rings. The van der Waals surface area contributed by atoms with Crippen molar-refractivity contribution >= 4 is 35.3 Å². The SMILES string of the molecule is CC(C)C[C@@H](NC(=O)[C@H](O)Cc1ccc(O)c(Cl)c1)C(=O)N1[C@H](C(=O)NC2CCCN2C(=N)N)C[C@@H]2CC[C@@H](O)C[C@@H]21. The highest BCUT2D eigenvalue weighted by Crippen LogP contribution is 2.41. The molecule has 8 N–H and O–H groups in total. The van der Waals surface area contributed by atoms with Crippen LogP contribution in [0.1, 0.15) is 64.4 Å². The summed E-state index contributed by atoms with van der Waals surface area (Å²) >= 11 is 5.96. The van der Waals surface area contributed by atoms with Crippen LogP contribution in [0.25, 0.3) is 0 Å². The number of amides is 3. The molecule has 2 heterocycles. The fraction of sp³-hybridized carbons (Fsp3) is 0.655. The first-order chi connectivity index (χ1) is 19.8. The fourth-order valence-corrected chi connectivity index (χ4v) is 6.79. The first-order valence-corrected chi connectivity index (χ1v) is 15.1. The number of nitrogens with one attached hydrogen (secondary N) is 3. The Bertz CT molecular complexity index is 1180. The highest BCUT2D eigenvalue weighted by Gasteiger charge is 2.51. The third-order valence-electron chi connectivity index (χ3n) is 8.64. The van der Waals surface area contributed by atoms with Gasteiger partial charge in [0, 0.05) is 19.0 Å². The van der Waals surface area contributed by atoms with Crippen LogP contribution in [-0.4, -0.2) is 91.8 Å². The lowest BCUT2D eigenvalue weighted by atomic mass is 9.83. The van der Waals surface area contributed by atoms with E-state index in [1.54, 1.807) is 15.9 Å². The van der Waals surface area contributed by atoms with E-state index < -0.39 is 42.3 Å². The number of aliphatic hydroxyl groups excluding tert-OH is 2. The number of aromatic hydroxyl groups is 1. The maximum absolute atomic E-state index is 14.2. The highest BCUT2D eigenvalue weighted by molar-refractivity contribution is 6.32. The highest BCUT2D eigenvalue weighted by atomic mass is 35.5. The zero-order valence-corrected chi connectivity index (χ0v) is 24.9. The number of hydrogen-bond donors (Lipinski definition) is 7. The summed E-state index contributed by atoms with van der Waals surface area (Å²) in [6.07, 6.45) is 1.17. The molecule has 7 atom stereocenters. The topological polar surface area (TPSA) is 192 Å². The Morgan fingerprint density at radius 2 is 1.93 bits per heavy atom. The Hall–Kier alpha value is -3.09. The number of benzene rings is 1. The van der Waals surface area contributed by atoms with E-state index in [-0.39, 0.29) is 53.4 Å². The smallest absolute Gasteiger partial charge is 0.249 e. The number of nitrogens with zero attached hydrogens (tertiary/aromatic N) is 2. The third kappa shape index (κ3) is 7.27. The first kappa shape index (κ1) is 31.8. The molecule has 0 spiro atoms. The second-order valence-corrected chi connectivity index (χ2v) is 12.6. The number of carbonyl (C=O) groups is 3. The number of halogens is 1. The number of likely N-dealkylation sites (tertiary alicyclic amines) is 2. The van der Waals surface area contributed by atoms with Gasteiger partial charge in [-0.15, -0.1) is 0 Å². The maximum Gasteiger partial charge on any atom is 0.249 e. The van der Waals surface area contributed by atoms with Gasteiger partial charge in [-0.3, -0.25) is 19.8 Å². The molecule has 0 bridgehead atoms. The summed E-state index contributed by atoms with van der Waals surface area (Å²) in [6.45, 7) is 4.39. The van der Waals surface area contributed by atoms with Crippen LogP contribution in [0, 0.1) is 17.2 Å². The number of guanidine groups is 1. The summed E-state index contributed by atoms with van der Waals surface area (Å²) in [5.74, 6) is -1.70. The normalized spacial score (nSPS) is 27.0. The van der Waals surface area contributed by atoms with Crippen molar-refractivity contribution in [2.75, 3.05) is 6.54 Å². The summed E-state index contributed by atoms with van der Waals surface area (Å²) in [5, 5.41) is 44.4. The van der Waals surface area contributed by atoms with E-state index >= 15 is 0 Å². The van der Waals surface area contributed by atoms with Gasteiger partial charge in [-0.25, -0.2) is 0 Å². The number of phenols is 1. The van der Waals surface area contributed by atoms with Crippen LogP contribution in [0.15, 0.2) is 18.2 Å². The van der Waals surface area contributed by atoms with Crippen LogP contribution in [0.5, 0.6) is 5.75 Å². The molecule has 2 aliphatic heterocycles. The summed E-state index contributed by atoms with van der Waals surface area (Å²) < 4.78 is 0. The van der Waals surface area contributed by atoms with Crippen molar-refractivity contribution in [1.29, 1.82) is 5.41 Å². The van der Waals surface area contributed by atoms with Gasteiger partial charge in [0.15, 0.2) is 5.96 Å². The van der Waals surface area contributed by atoms with E-state index in [9.17, 15) is 29.7 Å². The van der Waals surface area contributed by atoms with E-state index in [1.807, 2.05) is 13.8 Å². The van der Waals surface area contributed by atoms with E-state index in [2.05, 4.69) is 10.6 Å². The second kappa shape index (κ2) is 13.5. The summed E-state index contributed by atoms with van der Waals surface area (Å²) in [4.78, 5) is 44.2. The predicted molar refractivity (Wildman–Crippen MR) is 156 cm³/mol. The minimum atomic E-state index is -1.48. The van der Waals surface area contributed by atoms with Crippen molar-refractivity contribution in [2.24, 2.45) is 17.6 Å². The fourth-order valence-electron chi connectivity index (χ4n) is 6.58. The minimum Gasteiger partial charge on any atom is -0.506 e. The van der Waals surface area contributed by atoms with Gasteiger partial charge >= 0.3 is 0 Å². The minimum absolute atomic E-state index is 0.0116. The van der Waals surface area contributed by atoms with Crippen molar-refractivity contribution in [3.63, 3.8) is 0 Å². The molecule has 4 rings (SSSR count). The first-order valence-electron chi connectivity index (χ1n) is 14.7. The summed E-state index contributed by atoms with van der Waals surface area (Å²) in [5.41, 5.74) is 6.25. The number of rotatable bonds is 9. The van der Waals surface area contributed by atoms with Crippen molar-refractivity contribution in [2.45, 2.75) is 102 Å². The molecule has 232 valence electrons. The Labute approximate surface area is 251 Å². The molecular formula is C29H43ClN6O6. The number of aliphatic hydroxyl groups is 2. The molecule has 1 aliphatic carbocycles. The standard InChI is InChI=1S/C29H43ClN6O6/c1-15(2)10-20(33-27(41)24(39)12-16-5-8-23(38)19(30)11-16)28(42)36-21-14-18(37)7-6-17(21)13-22(36)26(40)34-25-4-3-9-35(25)29(31)32/h5,8,11,15,17-18,20-22,24-25,37-39H,3-4,6-7,9-10,12-14H2,1-2H3,(H3,31,32)(H,33,41)(H,34,40)/t17-,18+,20+,21-,22-,24+,25?/m0/s1. The second-order valence-electron chi connectivity index (χ2n) is 12.2. The number of carbonyl (C=O) groups excluding carboxylic acids is 3. The van der Waals surface area contributed by atoms with Crippen LogP contribution in [-0.2, 0) is 20.8 Å². The molecule has 12 nitrogen and oxygen atoms in total. The van der Waals surface area contributed by atoms with Crippen LogP contribution >= 0.6 is 11.6 Å². The van der Waals surface area contributed by atoms with Crippen LogP contribution in [0.3, 0.4) is 0 Å². The van der Waals surface area contributed by atoms with E-state index in [0.717, 1.165) is 6.42 Å². The van der Waals surface area contributed by atoms with Gasteiger partial charge in [0.1, 0.15) is 30.1 Å². The Kier molecular flexibility index (Phi) is 10.2. The van der Waals surface area contributed by atoms with Crippen molar-refractivity contribution < 1.29 is 29.7 Å². The van der Waals surface area contributed by atoms with Gasteiger partial charge in [-0.2, -0.15) is 0 Å². The van der Waals surface area contributed by atoms with Gasteiger partial charge in [0.05, 0.1) is 11.1 Å². The van der Waals surface area contributed by atoms with Gasteiger partial charge < -0.3 is 41.5 Å². The molecule has 2 saturated heterocycles. The average Bonchev–Trinajstić information content (AvgIpc) is 3.54. The molecule has 13 heteroatoms. The van der Waals surface area contributed by atoms with Gasteiger partial charge in [0.2, 0.25) is 17.7 Å². The van der Waals surface area contributed by atoms with Crippen LogP contribution in [0.4, 0.5) is 0 Å². The number of fused-ring (bicyclic) bond motifs is 1. The lowest BCUT2D eigenvalue weighted by Gasteiger charge is -2.38. The molecule has 3 amide bonds. The molecule has 3 fully saturated rings. The quantitative estimate of drug-likeness (QED) is 0.160. The number of hydrogen-bond acceptors (Lipinski definition) is 7. The lowest BCUT2D eigenvalue weighted by Crippen LogP contribution is -2.59. The predicted octanol–water partition coefficient (Wildman–Crippen LogP) is 1.04. The molecule has 0 radical (unpaired) electrons. The molecule has 42 heavy (non-hydrogen) atoms. The Morgan fingerprint density at radius 3 is 2.60 bits per heavy atom. The third-order valence-corrected chi connectivity index (χ3v) is 8.94. The van der Waals surface area contributed by atoms with Crippen LogP contribution in [0.2, 0.25) is 5.02 Å². The van der Waals surface area contributed by atoms with Crippen molar-refractivity contribution in [3.8, 4) is 5.75 Å². The maximum atomic E-state index is 14.2. The monoisotopic (exact) mass is 606 g/mol. The van der Waals surface area contributed by atoms with E-state index in [1.165, 1.54) is 12.1 Å². The zero-order chi connectivity index (χ0) is 30.7. The van der Waals surface area contributed by atoms with Crippen molar-refractivity contribution in [1.82, 2.24) is 20.4 Å². The lowest BCUT2D eigenvalue weighted by molar-refractivity contribution is -0.146. The largest absolute Gasteiger partial charge is 0.506 e. The molecule has 1 saturated carbocycles. The zero-order valence-electron chi connectivity index (χ0n) is 24.1. The summed E-state index contributed by atoms with van der Waals surface area (Å²) in [7, 11) is 0. The van der Waals surface area contributed by atoms with Crippen LogP contribution < -0.4 is 16.4 Å². The molecule has 1 unspecified atom stereocenters. The Morgan fingerprint density at radius 1 is 1.19 bits per heavy atom. The molecule has 1 aromatic rings. The molecule has 1 aromatic carbocycles. The summed E-state index contributed by atoms with van der Waals surface area (Å²) in [6, 6.07) is 2.23. The van der Waals surface area contributed by atoms with E-state index in [4.69, 9.17) is 22.7 Å². The van der Waals surface area contributed by atoms with Crippen molar-refractivity contribution in [3.05, 3.63) is 28.8 Å². The number of phenolic OH excluding ortho intramolecular Hbond substituents is 1. The van der Waals surface area contributed by atoms with Gasteiger partial charge in [0.25, 0.3) is 0 Å². The molecular weight excluding hydrogens is 564 g/mol. The van der Waals surface area contributed by atoms with Gasteiger partial charge in [-0.1, -0.05) is 31.5 Å². The average molecular weight is 607 g/mol.